The van der Waals surface area contributed by atoms with E-state index in [-0.39, 0.29) is 0 Å². The highest BCUT2D eigenvalue weighted by Crippen LogP contribution is 2.25. The second-order valence-corrected chi connectivity index (χ2v) is 6.64. The molecule has 3 rings (SSSR count). The van der Waals surface area contributed by atoms with E-state index in [4.69, 9.17) is 16.1 Å². The average Bonchev–Trinajstić information content (AvgIpc) is 3.00. The molecule has 2 aromatic heterocycles. The molecule has 2 heterocycles. The maximum atomic E-state index is 11.6. The predicted molar refractivity (Wildman–Crippen MR) is 112 cm³/mol. The van der Waals surface area contributed by atoms with Gasteiger partial charge in [-0.3, -0.25) is 9.72 Å². The van der Waals surface area contributed by atoms with Crippen LogP contribution in [0.4, 0.5) is 16.2 Å². The number of methoxy groups -OCH3 is 1. The number of ether oxygens (including phenoxy) is 1. The number of pyridine rings is 1. The maximum absolute atomic E-state index is 11.6. The largest absolute Gasteiger partial charge is 0.453 e. The molecule has 1 amide bonds. The summed E-state index contributed by atoms with van der Waals surface area (Å²) in [6, 6.07) is 9.83. The number of rotatable bonds is 5. The summed E-state index contributed by atoms with van der Waals surface area (Å²) in [6.45, 7) is 6.55. The van der Waals surface area contributed by atoms with Gasteiger partial charge in [-0.2, -0.15) is 0 Å². The van der Waals surface area contributed by atoms with Crippen LogP contribution in [0.3, 0.4) is 0 Å². The van der Waals surface area contributed by atoms with E-state index in [0.717, 1.165) is 45.2 Å². The lowest BCUT2D eigenvalue weighted by molar-refractivity contribution is 0.187. The lowest BCUT2D eigenvalue weighted by Crippen LogP contribution is -2.14. The number of nitrogens with one attached hydrogen (secondary N) is 2. The van der Waals surface area contributed by atoms with Crippen molar-refractivity contribution in [1.29, 1.82) is 0 Å². The molecular formula is C22H24N4O2. The van der Waals surface area contributed by atoms with Gasteiger partial charge in [0.1, 0.15) is 0 Å². The van der Waals surface area contributed by atoms with E-state index in [1.807, 2.05) is 51.1 Å². The van der Waals surface area contributed by atoms with Gasteiger partial charge in [0, 0.05) is 17.9 Å². The van der Waals surface area contributed by atoms with Gasteiger partial charge in [-0.05, 0) is 50.1 Å². The number of terminal acetylenes is 1. The molecule has 0 aliphatic heterocycles. The van der Waals surface area contributed by atoms with Crippen molar-refractivity contribution >= 4 is 23.1 Å². The Morgan fingerprint density at radius 2 is 2.00 bits per heavy atom. The molecule has 0 bridgehead atoms. The molecule has 6 heteroatoms. The van der Waals surface area contributed by atoms with Crippen molar-refractivity contribution in [2.75, 3.05) is 17.7 Å². The quantitative estimate of drug-likeness (QED) is 0.654. The molecule has 28 heavy (non-hydrogen) atoms. The first-order valence-electron chi connectivity index (χ1n) is 9.04. The molecule has 6 nitrogen and oxygen atoms in total. The van der Waals surface area contributed by atoms with E-state index in [9.17, 15) is 4.79 Å². The van der Waals surface area contributed by atoms with Gasteiger partial charge in [-0.1, -0.05) is 12.1 Å². The summed E-state index contributed by atoms with van der Waals surface area (Å²) in [7, 11) is 1.35. The number of carbonyl (C=O) groups is 1. The summed E-state index contributed by atoms with van der Waals surface area (Å²) >= 11 is 0. The zero-order valence-electron chi connectivity index (χ0n) is 16.6. The topological polar surface area (TPSA) is 67.7 Å². The highest BCUT2D eigenvalue weighted by molar-refractivity contribution is 5.86. The molecule has 3 aromatic rings. The Morgan fingerprint density at radius 3 is 2.71 bits per heavy atom. The summed E-state index contributed by atoms with van der Waals surface area (Å²) in [6.07, 6.45) is 5.57. The lowest BCUT2D eigenvalue weighted by Gasteiger charge is -2.15. The molecule has 0 radical (unpaired) electrons. The number of aryl methyl sites for hydroxylation is 3. The molecule has 0 unspecified atom stereocenters. The third kappa shape index (κ3) is 3.65. The van der Waals surface area contributed by atoms with Crippen LogP contribution in [0.25, 0.3) is 5.65 Å². The van der Waals surface area contributed by atoms with E-state index in [1.54, 1.807) is 0 Å². The van der Waals surface area contributed by atoms with E-state index in [0.29, 0.717) is 13.0 Å². The van der Waals surface area contributed by atoms with Gasteiger partial charge in [0.15, 0.2) is 5.65 Å². The molecule has 0 spiro atoms. The zero-order chi connectivity index (χ0) is 20.3. The standard InChI is InChI=1S/C22H24N4O2/c1-6-8-20-16(4)24-21-19(12-11-15(3)26(20)21)23-13-17-14(2)9-7-10-18(17)25-22(27)28-5/h1,7,9-12,23H,8,13H2,2-5H3,(H,25,27). The summed E-state index contributed by atoms with van der Waals surface area (Å²) in [5.74, 6) is 2.71. The second-order valence-electron chi connectivity index (χ2n) is 6.64. The van der Waals surface area contributed by atoms with Gasteiger partial charge >= 0.3 is 6.09 Å². The van der Waals surface area contributed by atoms with Crippen molar-refractivity contribution in [1.82, 2.24) is 9.38 Å². The number of amides is 1. The Kier molecular flexibility index (Phi) is 5.55. The van der Waals surface area contributed by atoms with Crippen molar-refractivity contribution in [3.8, 4) is 12.3 Å². The van der Waals surface area contributed by atoms with E-state index in [1.165, 1.54) is 7.11 Å². The fraction of sp³-hybridized carbons (Fsp3) is 0.273. The molecule has 0 aliphatic carbocycles. The molecule has 144 valence electrons. The first-order chi connectivity index (χ1) is 13.5. The second kappa shape index (κ2) is 8.05. The minimum Gasteiger partial charge on any atom is -0.453 e. The van der Waals surface area contributed by atoms with Crippen LogP contribution in [0.1, 0.15) is 28.2 Å². The Balaban J connectivity index is 1.95. The highest BCUT2D eigenvalue weighted by Gasteiger charge is 2.14. The fourth-order valence-electron chi connectivity index (χ4n) is 3.32. The van der Waals surface area contributed by atoms with Crippen LogP contribution in [-0.2, 0) is 17.7 Å². The van der Waals surface area contributed by atoms with E-state index < -0.39 is 6.09 Å². The number of imidazole rings is 1. The van der Waals surface area contributed by atoms with Crippen LogP contribution < -0.4 is 10.6 Å². The van der Waals surface area contributed by atoms with Crippen LogP contribution in [0.5, 0.6) is 0 Å². The van der Waals surface area contributed by atoms with Gasteiger partial charge < -0.3 is 10.1 Å². The normalized spacial score (nSPS) is 10.5. The molecule has 0 fully saturated rings. The van der Waals surface area contributed by atoms with Crippen LogP contribution >= 0.6 is 0 Å². The molecule has 2 N–H and O–H groups in total. The molecule has 0 atom stereocenters. The van der Waals surface area contributed by atoms with E-state index >= 15 is 0 Å². The average molecular weight is 376 g/mol. The van der Waals surface area contributed by atoms with Crippen molar-refractivity contribution in [2.45, 2.75) is 33.7 Å². The van der Waals surface area contributed by atoms with Crippen LogP contribution in [0, 0.1) is 33.1 Å². The highest BCUT2D eigenvalue weighted by atomic mass is 16.5. The van der Waals surface area contributed by atoms with Crippen LogP contribution in [0.15, 0.2) is 30.3 Å². The first kappa shape index (κ1) is 19.3. The third-order valence-electron chi connectivity index (χ3n) is 4.82. The Hall–Kier alpha value is -3.46. The SMILES string of the molecule is C#CCc1c(C)nc2c(NCc3c(C)cccc3NC(=O)OC)ccc(C)n12. The summed E-state index contributed by atoms with van der Waals surface area (Å²) in [5.41, 5.74) is 7.56. The van der Waals surface area contributed by atoms with Crippen molar-refractivity contribution in [2.24, 2.45) is 0 Å². The Bertz CT molecular complexity index is 1080. The molecule has 0 saturated heterocycles. The monoisotopic (exact) mass is 376 g/mol. The summed E-state index contributed by atoms with van der Waals surface area (Å²) in [4.78, 5) is 16.4. The number of hydrogen-bond donors (Lipinski definition) is 2. The number of nitrogens with zero attached hydrogens (tertiary/aromatic N) is 2. The fourth-order valence-corrected chi connectivity index (χ4v) is 3.32. The Morgan fingerprint density at radius 1 is 1.21 bits per heavy atom. The van der Waals surface area contributed by atoms with Gasteiger partial charge in [0.05, 0.1) is 30.6 Å². The number of fused-ring (bicyclic) bond motifs is 1. The van der Waals surface area contributed by atoms with Gasteiger partial charge in [-0.15, -0.1) is 12.3 Å². The molecular weight excluding hydrogens is 352 g/mol. The Labute approximate surface area is 164 Å². The van der Waals surface area contributed by atoms with Crippen LogP contribution in [-0.4, -0.2) is 22.6 Å². The predicted octanol–water partition coefficient (Wildman–Crippen LogP) is 4.23. The van der Waals surface area contributed by atoms with E-state index in [2.05, 4.69) is 21.0 Å². The number of hydrogen-bond acceptors (Lipinski definition) is 4. The third-order valence-corrected chi connectivity index (χ3v) is 4.82. The minimum absolute atomic E-state index is 0.493. The van der Waals surface area contributed by atoms with Crippen LogP contribution in [0.2, 0.25) is 0 Å². The minimum atomic E-state index is -0.493. The molecule has 1 aromatic carbocycles. The van der Waals surface area contributed by atoms with Crippen molar-refractivity contribution in [3.63, 3.8) is 0 Å². The van der Waals surface area contributed by atoms with Gasteiger partial charge in [0.2, 0.25) is 0 Å². The molecule has 0 aliphatic rings. The van der Waals surface area contributed by atoms with Crippen molar-refractivity contribution in [3.05, 3.63) is 58.5 Å². The van der Waals surface area contributed by atoms with Crippen molar-refractivity contribution < 1.29 is 9.53 Å². The number of aromatic nitrogens is 2. The smallest absolute Gasteiger partial charge is 0.411 e. The lowest BCUT2D eigenvalue weighted by atomic mass is 10.1. The number of carbonyl (C=O) groups excluding carboxylic acids is 1. The first-order valence-corrected chi connectivity index (χ1v) is 9.04. The summed E-state index contributed by atoms with van der Waals surface area (Å²) < 4.78 is 6.82. The molecule has 0 saturated carbocycles. The maximum Gasteiger partial charge on any atom is 0.411 e. The number of anilines is 2. The summed E-state index contributed by atoms with van der Waals surface area (Å²) in [5, 5.41) is 6.23. The zero-order valence-corrected chi connectivity index (χ0v) is 16.6. The van der Waals surface area contributed by atoms with Gasteiger partial charge in [0.25, 0.3) is 0 Å². The van der Waals surface area contributed by atoms with Gasteiger partial charge in [-0.25, -0.2) is 9.78 Å². The number of benzene rings is 1.